The third-order valence-electron chi connectivity index (χ3n) is 5.74. The number of benzene rings is 2. The zero-order valence-electron chi connectivity index (χ0n) is 18.7. The van der Waals surface area contributed by atoms with E-state index in [4.69, 9.17) is 9.84 Å². The molecule has 0 radical (unpaired) electrons. The number of nitrogens with one attached hydrogen (secondary N) is 2. The predicted molar refractivity (Wildman–Crippen MR) is 121 cm³/mol. The fourth-order valence-electron chi connectivity index (χ4n) is 4.04. The Morgan fingerprint density at radius 3 is 2.12 bits per heavy atom. The van der Waals surface area contributed by atoms with Crippen LogP contribution in [0.1, 0.15) is 50.7 Å². The van der Waals surface area contributed by atoms with Gasteiger partial charge in [0, 0.05) is 18.9 Å². The number of aliphatic carboxylic acids is 1. The van der Waals surface area contributed by atoms with E-state index in [2.05, 4.69) is 34.9 Å². The first kappa shape index (κ1) is 23.3. The topological polar surface area (TPSA) is 105 Å². The fourth-order valence-corrected chi connectivity index (χ4v) is 4.04. The summed E-state index contributed by atoms with van der Waals surface area (Å²) in [6.07, 6.45) is -0.155. The molecule has 0 heterocycles. The van der Waals surface area contributed by atoms with Crippen LogP contribution in [0.4, 0.5) is 4.79 Å². The van der Waals surface area contributed by atoms with Gasteiger partial charge in [0.05, 0.1) is 0 Å². The molecule has 0 bridgehead atoms. The standard InChI is InChI=1S/C25H30N2O5/c1-4-21(23(29)30)27-22(28)13-25(2,3)15-26-24(31)32-14-20-18-11-7-5-9-16(18)17-10-6-8-12-19(17)20/h5-12,20-21H,4,13-15H2,1-3H3,(H,26,31)(H,27,28)(H,29,30)/t21-/m1/s1. The lowest BCUT2D eigenvalue weighted by Gasteiger charge is -2.25. The minimum Gasteiger partial charge on any atom is -0.480 e. The lowest BCUT2D eigenvalue weighted by molar-refractivity contribution is -0.142. The van der Waals surface area contributed by atoms with Gasteiger partial charge in [0.25, 0.3) is 0 Å². The van der Waals surface area contributed by atoms with E-state index in [9.17, 15) is 14.4 Å². The second-order valence-electron chi connectivity index (χ2n) is 8.89. The number of carboxylic acid groups (broad SMARTS) is 1. The van der Waals surface area contributed by atoms with E-state index in [1.807, 2.05) is 38.1 Å². The van der Waals surface area contributed by atoms with Crippen molar-refractivity contribution < 1.29 is 24.2 Å². The first-order chi connectivity index (χ1) is 15.2. The lowest BCUT2D eigenvalue weighted by Crippen LogP contribution is -2.43. The molecule has 1 aliphatic rings. The van der Waals surface area contributed by atoms with Crippen molar-refractivity contribution in [3.8, 4) is 11.1 Å². The molecule has 32 heavy (non-hydrogen) atoms. The normalized spacial score (nSPS) is 13.6. The summed E-state index contributed by atoms with van der Waals surface area (Å²) in [5.74, 6) is -1.44. The maximum atomic E-state index is 12.4. The number of carboxylic acids is 1. The van der Waals surface area contributed by atoms with Crippen LogP contribution >= 0.6 is 0 Å². The average Bonchev–Trinajstić information content (AvgIpc) is 3.08. The smallest absolute Gasteiger partial charge is 0.407 e. The molecule has 7 nitrogen and oxygen atoms in total. The third-order valence-corrected chi connectivity index (χ3v) is 5.74. The van der Waals surface area contributed by atoms with Crippen molar-refractivity contribution in [1.29, 1.82) is 0 Å². The van der Waals surface area contributed by atoms with Crippen molar-refractivity contribution in [2.24, 2.45) is 5.41 Å². The molecule has 3 rings (SSSR count). The van der Waals surface area contributed by atoms with E-state index < -0.39 is 23.5 Å². The van der Waals surface area contributed by atoms with Crippen molar-refractivity contribution >= 4 is 18.0 Å². The molecule has 1 aliphatic carbocycles. The second kappa shape index (κ2) is 9.85. The van der Waals surface area contributed by atoms with Gasteiger partial charge in [-0.05, 0) is 34.1 Å². The van der Waals surface area contributed by atoms with Gasteiger partial charge in [-0.15, -0.1) is 0 Å². The zero-order chi connectivity index (χ0) is 23.3. The van der Waals surface area contributed by atoms with E-state index in [-0.39, 0.29) is 31.4 Å². The molecular weight excluding hydrogens is 408 g/mol. The van der Waals surface area contributed by atoms with Crippen molar-refractivity contribution in [3.63, 3.8) is 0 Å². The SMILES string of the molecule is CC[C@@H](NC(=O)CC(C)(C)CNC(=O)OCC1c2ccccc2-c2ccccc21)C(=O)O. The van der Waals surface area contributed by atoms with Gasteiger partial charge in [-0.2, -0.15) is 0 Å². The highest BCUT2D eigenvalue weighted by Crippen LogP contribution is 2.44. The van der Waals surface area contributed by atoms with Crippen LogP contribution in [0.5, 0.6) is 0 Å². The summed E-state index contributed by atoms with van der Waals surface area (Å²) in [6, 6.07) is 15.3. The third kappa shape index (κ3) is 5.46. The molecule has 1 atom stereocenters. The summed E-state index contributed by atoms with van der Waals surface area (Å²) in [4.78, 5) is 35.6. The van der Waals surface area contributed by atoms with Crippen LogP contribution in [0.25, 0.3) is 11.1 Å². The summed E-state index contributed by atoms with van der Waals surface area (Å²) >= 11 is 0. The van der Waals surface area contributed by atoms with Gasteiger partial charge >= 0.3 is 12.1 Å². The molecule has 2 amide bonds. The Morgan fingerprint density at radius 2 is 1.59 bits per heavy atom. The van der Waals surface area contributed by atoms with Crippen molar-refractivity contribution in [2.45, 2.75) is 45.6 Å². The van der Waals surface area contributed by atoms with Gasteiger partial charge in [-0.3, -0.25) is 4.79 Å². The van der Waals surface area contributed by atoms with Gasteiger partial charge in [-0.25, -0.2) is 9.59 Å². The summed E-state index contributed by atoms with van der Waals surface area (Å²) in [7, 11) is 0. The van der Waals surface area contributed by atoms with Crippen LogP contribution in [0.2, 0.25) is 0 Å². The molecule has 3 N–H and O–H groups in total. The molecule has 0 aliphatic heterocycles. The van der Waals surface area contributed by atoms with Crippen LogP contribution in [0.15, 0.2) is 48.5 Å². The first-order valence-corrected chi connectivity index (χ1v) is 10.8. The highest BCUT2D eigenvalue weighted by molar-refractivity contribution is 5.84. The minimum absolute atomic E-state index is 0.0195. The largest absolute Gasteiger partial charge is 0.480 e. The average molecular weight is 439 g/mol. The Balaban J connectivity index is 1.52. The molecule has 0 spiro atoms. The predicted octanol–water partition coefficient (Wildman–Crippen LogP) is 3.92. The Morgan fingerprint density at radius 1 is 1.03 bits per heavy atom. The molecule has 0 saturated carbocycles. The lowest BCUT2D eigenvalue weighted by atomic mass is 9.89. The van der Waals surface area contributed by atoms with Crippen LogP contribution in [0.3, 0.4) is 0 Å². The molecule has 0 saturated heterocycles. The molecule has 2 aromatic rings. The number of carbonyl (C=O) groups is 3. The number of amides is 2. The molecule has 0 unspecified atom stereocenters. The molecule has 7 heteroatoms. The van der Waals surface area contributed by atoms with Gasteiger partial charge in [-0.1, -0.05) is 69.3 Å². The molecule has 170 valence electrons. The maximum Gasteiger partial charge on any atom is 0.407 e. The number of rotatable bonds is 9. The summed E-state index contributed by atoms with van der Waals surface area (Å²) < 4.78 is 5.53. The van der Waals surface area contributed by atoms with E-state index in [1.165, 1.54) is 0 Å². The number of alkyl carbamates (subject to hydrolysis) is 1. The number of carbonyl (C=O) groups excluding carboxylic acids is 2. The maximum absolute atomic E-state index is 12.4. The molecule has 0 aromatic heterocycles. The molecule has 2 aromatic carbocycles. The van der Waals surface area contributed by atoms with Gasteiger partial charge in [0.1, 0.15) is 12.6 Å². The zero-order valence-corrected chi connectivity index (χ0v) is 18.7. The molecule has 0 fully saturated rings. The van der Waals surface area contributed by atoms with E-state index in [0.717, 1.165) is 22.3 Å². The van der Waals surface area contributed by atoms with Crippen LogP contribution < -0.4 is 10.6 Å². The van der Waals surface area contributed by atoms with Gasteiger partial charge in [0.15, 0.2) is 0 Å². The van der Waals surface area contributed by atoms with E-state index in [0.29, 0.717) is 6.42 Å². The Kier molecular flexibility index (Phi) is 7.18. The number of ether oxygens (including phenoxy) is 1. The number of hydrogen-bond acceptors (Lipinski definition) is 4. The van der Waals surface area contributed by atoms with Crippen LogP contribution in [-0.2, 0) is 14.3 Å². The van der Waals surface area contributed by atoms with E-state index >= 15 is 0 Å². The highest BCUT2D eigenvalue weighted by Gasteiger charge is 2.30. The van der Waals surface area contributed by atoms with Gasteiger partial charge < -0.3 is 20.5 Å². The summed E-state index contributed by atoms with van der Waals surface area (Å²) in [5, 5.41) is 14.3. The summed E-state index contributed by atoms with van der Waals surface area (Å²) in [5.41, 5.74) is 4.05. The first-order valence-electron chi connectivity index (χ1n) is 10.8. The van der Waals surface area contributed by atoms with Crippen molar-refractivity contribution in [1.82, 2.24) is 10.6 Å². The Labute approximate surface area is 188 Å². The van der Waals surface area contributed by atoms with Gasteiger partial charge in [0.2, 0.25) is 5.91 Å². The fraction of sp³-hybridized carbons (Fsp3) is 0.400. The highest BCUT2D eigenvalue weighted by atomic mass is 16.5. The van der Waals surface area contributed by atoms with Crippen molar-refractivity contribution in [3.05, 3.63) is 59.7 Å². The quantitative estimate of drug-likeness (QED) is 0.550. The minimum atomic E-state index is -1.06. The van der Waals surface area contributed by atoms with Crippen molar-refractivity contribution in [2.75, 3.05) is 13.2 Å². The Hall–Kier alpha value is -3.35. The number of hydrogen-bond donors (Lipinski definition) is 3. The molecular formula is C25H30N2O5. The van der Waals surface area contributed by atoms with Crippen LogP contribution in [-0.4, -0.2) is 42.3 Å². The number of fused-ring (bicyclic) bond motifs is 3. The summed E-state index contributed by atoms with van der Waals surface area (Å²) in [6.45, 7) is 5.80. The van der Waals surface area contributed by atoms with E-state index in [1.54, 1.807) is 6.92 Å². The van der Waals surface area contributed by atoms with Crippen LogP contribution in [0, 0.1) is 5.41 Å². The second-order valence-corrected chi connectivity index (χ2v) is 8.89. The Bertz CT molecular complexity index is 956. The monoisotopic (exact) mass is 438 g/mol.